The van der Waals surface area contributed by atoms with Crippen molar-refractivity contribution in [3.05, 3.63) is 22.9 Å². The van der Waals surface area contributed by atoms with Crippen LogP contribution in [0.5, 0.6) is 0 Å². The van der Waals surface area contributed by atoms with Gasteiger partial charge in [0.1, 0.15) is 5.60 Å². The third kappa shape index (κ3) is 3.80. The van der Waals surface area contributed by atoms with E-state index in [1.807, 2.05) is 0 Å². The number of hydrogen-bond donors (Lipinski definition) is 2. The largest absolute Gasteiger partial charge is 0.444 e. The number of aromatic amines is 1. The van der Waals surface area contributed by atoms with Crippen LogP contribution in [0.4, 0.5) is 4.79 Å². The lowest BCUT2D eigenvalue weighted by molar-refractivity contribution is 0.0368. The molecule has 3 N–H and O–H groups in total. The molecule has 1 aromatic heterocycles. The summed E-state index contributed by atoms with van der Waals surface area (Å²) in [6.07, 6.45) is 3.88. The number of nitrogens with one attached hydrogen (secondary N) is 1. The molecule has 90 valence electrons. The number of primary amides is 1. The second kappa shape index (κ2) is 4.87. The summed E-state index contributed by atoms with van der Waals surface area (Å²) in [4.78, 5) is 24.3. The normalized spacial score (nSPS) is 11.4. The predicted molar refractivity (Wildman–Crippen MR) is 59.0 cm³/mol. The van der Waals surface area contributed by atoms with E-state index in [4.69, 9.17) is 10.5 Å². The zero-order chi connectivity index (χ0) is 12.2. The van der Waals surface area contributed by atoms with Gasteiger partial charge in [-0.05, 0) is 26.7 Å². The number of carbonyl (C=O) groups is 1. The number of H-pyrrole nitrogens is 1. The maximum absolute atomic E-state index is 11.2. The quantitative estimate of drug-likeness (QED) is 0.780. The molecule has 0 spiro atoms. The van der Waals surface area contributed by atoms with Crippen molar-refractivity contribution in [2.24, 2.45) is 5.73 Å². The van der Waals surface area contributed by atoms with Gasteiger partial charge in [-0.1, -0.05) is 0 Å². The van der Waals surface area contributed by atoms with E-state index in [2.05, 4.69) is 4.98 Å². The number of nitrogens with two attached hydrogens (primary N) is 1. The van der Waals surface area contributed by atoms with Crippen LogP contribution in [0.1, 0.15) is 26.7 Å². The zero-order valence-electron chi connectivity index (χ0n) is 9.53. The van der Waals surface area contributed by atoms with E-state index >= 15 is 0 Å². The third-order valence-corrected chi connectivity index (χ3v) is 2.28. The van der Waals surface area contributed by atoms with Gasteiger partial charge >= 0.3 is 11.8 Å². The minimum absolute atomic E-state index is 0.131. The third-order valence-electron chi connectivity index (χ3n) is 2.28. The average molecular weight is 227 g/mol. The summed E-state index contributed by atoms with van der Waals surface area (Å²) in [7, 11) is 0. The highest BCUT2D eigenvalue weighted by atomic mass is 16.6. The second-order valence-electron chi connectivity index (χ2n) is 4.24. The minimum atomic E-state index is -0.774. The monoisotopic (exact) mass is 227 g/mol. The number of carbonyl (C=O) groups excluding carboxylic acids is 1. The first-order valence-electron chi connectivity index (χ1n) is 5.13. The van der Waals surface area contributed by atoms with Crippen LogP contribution >= 0.6 is 0 Å². The van der Waals surface area contributed by atoms with E-state index in [-0.39, 0.29) is 5.69 Å². The molecular formula is C10H17N3O3. The number of hydrogen-bond acceptors (Lipinski definition) is 3. The molecule has 0 aromatic carbocycles. The summed E-state index contributed by atoms with van der Waals surface area (Å²) in [6.45, 7) is 4.17. The van der Waals surface area contributed by atoms with Crippen molar-refractivity contribution >= 4 is 6.09 Å². The molecule has 1 amide bonds. The molecule has 0 aliphatic carbocycles. The smallest absolute Gasteiger partial charge is 0.405 e. The summed E-state index contributed by atoms with van der Waals surface area (Å²) in [5, 5.41) is 0. The number of rotatable bonds is 5. The van der Waals surface area contributed by atoms with Crippen molar-refractivity contribution in [3.8, 4) is 0 Å². The van der Waals surface area contributed by atoms with Crippen LogP contribution < -0.4 is 11.4 Å². The van der Waals surface area contributed by atoms with E-state index in [1.54, 1.807) is 30.8 Å². The first kappa shape index (κ1) is 12.4. The van der Waals surface area contributed by atoms with Gasteiger partial charge in [-0.25, -0.2) is 9.59 Å². The average Bonchev–Trinajstić information content (AvgIpc) is 2.49. The highest BCUT2D eigenvalue weighted by molar-refractivity contribution is 5.65. The summed E-state index contributed by atoms with van der Waals surface area (Å²) in [5.74, 6) is 0. The van der Waals surface area contributed by atoms with E-state index in [1.165, 1.54) is 0 Å². The summed E-state index contributed by atoms with van der Waals surface area (Å²) >= 11 is 0. The van der Waals surface area contributed by atoms with E-state index in [0.29, 0.717) is 13.0 Å². The molecule has 0 bridgehead atoms. The molecule has 0 unspecified atom stereocenters. The highest BCUT2D eigenvalue weighted by Gasteiger charge is 2.20. The van der Waals surface area contributed by atoms with Crippen LogP contribution in [0, 0.1) is 0 Å². The molecule has 0 aliphatic rings. The van der Waals surface area contributed by atoms with Crippen LogP contribution in [0.3, 0.4) is 0 Å². The van der Waals surface area contributed by atoms with Crippen molar-refractivity contribution in [1.29, 1.82) is 0 Å². The minimum Gasteiger partial charge on any atom is -0.444 e. The fraction of sp³-hybridized carbons (Fsp3) is 0.600. The Morgan fingerprint density at radius 1 is 1.62 bits per heavy atom. The Hall–Kier alpha value is -1.72. The van der Waals surface area contributed by atoms with Crippen molar-refractivity contribution in [3.63, 3.8) is 0 Å². The number of ether oxygens (including phenoxy) is 1. The van der Waals surface area contributed by atoms with Crippen LogP contribution in [0.2, 0.25) is 0 Å². The lowest BCUT2D eigenvalue weighted by Gasteiger charge is -2.23. The summed E-state index contributed by atoms with van der Waals surface area (Å²) in [6, 6.07) is 0. The van der Waals surface area contributed by atoms with Crippen LogP contribution in [0.15, 0.2) is 17.2 Å². The zero-order valence-corrected chi connectivity index (χ0v) is 9.53. The Bertz CT molecular complexity index is 405. The van der Waals surface area contributed by atoms with Gasteiger partial charge in [-0.2, -0.15) is 0 Å². The van der Waals surface area contributed by atoms with Gasteiger partial charge in [-0.3, -0.25) is 4.57 Å². The lowest BCUT2D eigenvalue weighted by atomic mass is 10.0. The van der Waals surface area contributed by atoms with E-state index in [9.17, 15) is 9.59 Å². The molecule has 1 heterocycles. The molecule has 1 aromatic rings. The van der Waals surface area contributed by atoms with Gasteiger partial charge in [0.05, 0.1) is 0 Å². The van der Waals surface area contributed by atoms with Gasteiger partial charge in [0.15, 0.2) is 0 Å². The first-order chi connectivity index (χ1) is 7.41. The summed E-state index contributed by atoms with van der Waals surface area (Å²) in [5.41, 5.74) is 4.23. The molecule has 0 saturated heterocycles. The van der Waals surface area contributed by atoms with Crippen LogP contribution in [-0.2, 0) is 11.3 Å². The molecule has 0 saturated carbocycles. The van der Waals surface area contributed by atoms with Crippen molar-refractivity contribution < 1.29 is 9.53 Å². The lowest BCUT2D eigenvalue weighted by Crippen LogP contribution is -2.31. The number of aryl methyl sites for hydroxylation is 1. The topological polar surface area (TPSA) is 90.1 Å². The predicted octanol–water partition coefficient (Wildman–Crippen LogP) is 0.831. The molecule has 16 heavy (non-hydrogen) atoms. The highest BCUT2D eigenvalue weighted by Crippen LogP contribution is 2.16. The number of amides is 1. The van der Waals surface area contributed by atoms with E-state index < -0.39 is 11.7 Å². The van der Waals surface area contributed by atoms with Crippen molar-refractivity contribution in [2.75, 3.05) is 0 Å². The van der Waals surface area contributed by atoms with Gasteiger partial charge < -0.3 is 15.5 Å². The molecule has 0 radical (unpaired) electrons. The number of nitrogens with zero attached hydrogens (tertiary/aromatic N) is 1. The van der Waals surface area contributed by atoms with Gasteiger partial charge in [0.25, 0.3) is 0 Å². The molecule has 0 aliphatic heterocycles. The first-order valence-corrected chi connectivity index (χ1v) is 5.13. The molecule has 1 rings (SSSR count). The molecule has 0 fully saturated rings. The molecule has 0 atom stereocenters. The maximum atomic E-state index is 11.2. The van der Waals surface area contributed by atoms with Crippen LogP contribution in [0.25, 0.3) is 0 Å². The van der Waals surface area contributed by atoms with Crippen LogP contribution in [-0.4, -0.2) is 21.2 Å². The standard InChI is InChI=1S/C10H17N3O3/c1-10(2,16-8(11)14)4-3-6-13-7-5-12-9(13)15/h5,7H,3-4,6H2,1-2H3,(H2,11,14)(H,12,15). The Labute approximate surface area is 93.4 Å². The van der Waals surface area contributed by atoms with Gasteiger partial charge in [0, 0.05) is 18.9 Å². The Kier molecular flexibility index (Phi) is 3.76. The molecular weight excluding hydrogens is 210 g/mol. The molecule has 6 nitrogen and oxygen atoms in total. The maximum Gasteiger partial charge on any atom is 0.405 e. The Balaban J connectivity index is 2.38. The van der Waals surface area contributed by atoms with Crippen molar-refractivity contribution in [2.45, 2.75) is 38.8 Å². The van der Waals surface area contributed by atoms with E-state index in [0.717, 1.165) is 6.42 Å². The molecule has 6 heteroatoms. The van der Waals surface area contributed by atoms with Crippen molar-refractivity contribution in [1.82, 2.24) is 9.55 Å². The number of aromatic nitrogens is 2. The fourth-order valence-electron chi connectivity index (χ4n) is 1.52. The van der Waals surface area contributed by atoms with Gasteiger partial charge in [-0.15, -0.1) is 0 Å². The van der Waals surface area contributed by atoms with Gasteiger partial charge in [0.2, 0.25) is 0 Å². The Morgan fingerprint density at radius 2 is 2.31 bits per heavy atom. The fourth-order valence-corrected chi connectivity index (χ4v) is 1.52. The SMILES string of the molecule is CC(C)(CCCn1cc[nH]c1=O)OC(N)=O. The number of imidazole rings is 1. The Morgan fingerprint density at radius 3 is 2.81 bits per heavy atom. The second-order valence-corrected chi connectivity index (χ2v) is 4.24. The summed E-state index contributed by atoms with van der Waals surface area (Å²) < 4.78 is 6.50.